The lowest BCUT2D eigenvalue weighted by atomic mass is 10.0. The number of methoxy groups -OCH3 is 2. The molecule has 12 heavy (non-hydrogen) atoms. The van der Waals surface area contributed by atoms with Crippen LogP contribution in [0, 0.1) is 5.92 Å². The van der Waals surface area contributed by atoms with Crippen molar-refractivity contribution in [3.05, 3.63) is 0 Å². The third-order valence-electron chi connectivity index (χ3n) is 1.89. The van der Waals surface area contributed by atoms with Crippen LogP contribution in [-0.2, 0) is 9.47 Å². The van der Waals surface area contributed by atoms with Gasteiger partial charge in [-0.2, -0.15) is 0 Å². The summed E-state index contributed by atoms with van der Waals surface area (Å²) in [6.07, 6.45) is 0.0925. The summed E-state index contributed by atoms with van der Waals surface area (Å²) in [4.78, 5) is 0. The fraction of sp³-hybridized carbons (Fsp3) is 1.00. The highest BCUT2D eigenvalue weighted by Gasteiger charge is 2.22. The van der Waals surface area contributed by atoms with Gasteiger partial charge in [0.05, 0.1) is 18.8 Å². The molecule has 3 N–H and O–H groups in total. The summed E-state index contributed by atoms with van der Waals surface area (Å²) in [6, 6.07) is 0.0556. The van der Waals surface area contributed by atoms with Gasteiger partial charge in [0.2, 0.25) is 0 Å². The summed E-state index contributed by atoms with van der Waals surface area (Å²) in [6.45, 7) is 4.75. The number of hydrogen-bond acceptors (Lipinski definition) is 4. The molecule has 0 aliphatic rings. The van der Waals surface area contributed by atoms with Crippen LogP contribution in [0.15, 0.2) is 0 Å². The van der Waals surface area contributed by atoms with E-state index in [-0.39, 0.29) is 12.1 Å². The van der Waals surface area contributed by atoms with Gasteiger partial charge < -0.3 is 9.47 Å². The van der Waals surface area contributed by atoms with E-state index in [1.807, 2.05) is 0 Å². The second-order valence-corrected chi connectivity index (χ2v) is 3.17. The number of nitrogens with two attached hydrogens (primary N) is 1. The van der Waals surface area contributed by atoms with Crippen LogP contribution in [0.5, 0.6) is 0 Å². The Morgan fingerprint density at radius 2 is 1.92 bits per heavy atom. The molecule has 0 aromatic rings. The van der Waals surface area contributed by atoms with Crippen molar-refractivity contribution in [2.45, 2.75) is 26.0 Å². The number of hydrogen-bond donors (Lipinski definition) is 2. The maximum absolute atomic E-state index is 5.36. The minimum Gasteiger partial charge on any atom is -0.383 e. The maximum atomic E-state index is 5.36. The van der Waals surface area contributed by atoms with Crippen LogP contribution >= 0.6 is 0 Å². The van der Waals surface area contributed by atoms with Crippen LogP contribution in [0.4, 0.5) is 0 Å². The molecular formula is C8H20N2O2. The summed E-state index contributed by atoms with van der Waals surface area (Å²) in [7, 11) is 3.34. The van der Waals surface area contributed by atoms with E-state index < -0.39 is 0 Å². The average Bonchev–Trinajstić information content (AvgIpc) is 2.03. The fourth-order valence-electron chi connectivity index (χ4n) is 1.32. The molecule has 0 radical (unpaired) electrons. The smallest absolute Gasteiger partial charge is 0.0783 e. The highest BCUT2D eigenvalue weighted by atomic mass is 16.5. The highest BCUT2D eigenvalue weighted by molar-refractivity contribution is 4.76. The lowest BCUT2D eigenvalue weighted by Crippen LogP contribution is -2.49. The number of nitrogens with one attached hydrogen (secondary N) is 1. The quantitative estimate of drug-likeness (QED) is 0.446. The summed E-state index contributed by atoms with van der Waals surface area (Å²) in [5, 5.41) is 0. The Morgan fingerprint density at radius 3 is 2.17 bits per heavy atom. The molecule has 0 bridgehead atoms. The maximum Gasteiger partial charge on any atom is 0.0783 e. The van der Waals surface area contributed by atoms with Crippen molar-refractivity contribution in [3.8, 4) is 0 Å². The standard InChI is InChI=1S/C8H20N2O2/c1-6(2)8(12-4)7(10-9)5-11-3/h6-8,10H,5,9H2,1-4H3. The van der Waals surface area contributed by atoms with Gasteiger partial charge in [0.1, 0.15) is 0 Å². The molecule has 4 nitrogen and oxygen atoms in total. The molecule has 0 aliphatic heterocycles. The van der Waals surface area contributed by atoms with E-state index in [0.29, 0.717) is 12.5 Å². The van der Waals surface area contributed by atoms with E-state index in [0.717, 1.165) is 0 Å². The first kappa shape index (κ1) is 11.8. The lowest BCUT2D eigenvalue weighted by Gasteiger charge is -2.27. The summed E-state index contributed by atoms with van der Waals surface area (Å²) in [5.74, 6) is 5.79. The summed E-state index contributed by atoms with van der Waals surface area (Å²) < 4.78 is 10.3. The molecule has 0 saturated carbocycles. The molecule has 2 atom stereocenters. The van der Waals surface area contributed by atoms with E-state index in [1.165, 1.54) is 0 Å². The van der Waals surface area contributed by atoms with Crippen LogP contribution in [-0.4, -0.2) is 33.0 Å². The Hall–Kier alpha value is -0.160. The Morgan fingerprint density at radius 1 is 1.33 bits per heavy atom. The van der Waals surface area contributed by atoms with E-state index in [4.69, 9.17) is 15.3 Å². The highest BCUT2D eigenvalue weighted by Crippen LogP contribution is 2.09. The monoisotopic (exact) mass is 176 g/mol. The second-order valence-electron chi connectivity index (χ2n) is 3.17. The van der Waals surface area contributed by atoms with Crippen molar-refractivity contribution >= 4 is 0 Å². The molecule has 0 aliphatic carbocycles. The van der Waals surface area contributed by atoms with Gasteiger partial charge in [-0.1, -0.05) is 13.8 Å². The number of rotatable bonds is 6. The molecule has 0 amide bonds. The van der Waals surface area contributed by atoms with Crippen molar-refractivity contribution < 1.29 is 9.47 Å². The largest absolute Gasteiger partial charge is 0.383 e. The third-order valence-corrected chi connectivity index (χ3v) is 1.89. The van der Waals surface area contributed by atoms with Gasteiger partial charge in [0.15, 0.2) is 0 Å². The Balaban J connectivity index is 4.02. The minimum atomic E-state index is 0.0556. The van der Waals surface area contributed by atoms with Gasteiger partial charge in [0.25, 0.3) is 0 Å². The summed E-state index contributed by atoms with van der Waals surface area (Å²) in [5.41, 5.74) is 2.69. The van der Waals surface area contributed by atoms with Crippen molar-refractivity contribution in [1.29, 1.82) is 0 Å². The minimum absolute atomic E-state index is 0.0556. The predicted molar refractivity (Wildman–Crippen MR) is 48.6 cm³/mol. The topological polar surface area (TPSA) is 56.5 Å². The molecular weight excluding hydrogens is 156 g/mol. The van der Waals surface area contributed by atoms with Crippen LogP contribution in [0.3, 0.4) is 0 Å². The predicted octanol–water partition coefficient (Wildman–Crippen LogP) is 0.136. The van der Waals surface area contributed by atoms with Crippen LogP contribution < -0.4 is 11.3 Å². The molecule has 0 rings (SSSR count). The molecule has 0 aromatic carbocycles. The van der Waals surface area contributed by atoms with Gasteiger partial charge >= 0.3 is 0 Å². The molecule has 0 fully saturated rings. The average molecular weight is 176 g/mol. The van der Waals surface area contributed by atoms with E-state index in [1.54, 1.807) is 14.2 Å². The SMILES string of the molecule is COCC(NN)C(OC)C(C)C. The molecule has 0 heterocycles. The Bertz CT molecular complexity index is 109. The lowest BCUT2D eigenvalue weighted by molar-refractivity contribution is 0.00670. The molecule has 0 saturated heterocycles. The van der Waals surface area contributed by atoms with Gasteiger partial charge in [-0.3, -0.25) is 11.3 Å². The normalized spacial score (nSPS) is 16.5. The molecule has 74 valence electrons. The van der Waals surface area contributed by atoms with Crippen molar-refractivity contribution in [3.63, 3.8) is 0 Å². The first-order chi connectivity index (χ1) is 5.67. The third kappa shape index (κ3) is 3.49. The van der Waals surface area contributed by atoms with Crippen molar-refractivity contribution in [1.82, 2.24) is 5.43 Å². The van der Waals surface area contributed by atoms with Crippen LogP contribution in [0.25, 0.3) is 0 Å². The van der Waals surface area contributed by atoms with E-state index in [2.05, 4.69) is 19.3 Å². The van der Waals surface area contributed by atoms with Crippen molar-refractivity contribution in [2.75, 3.05) is 20.8 Å². The zero-order chi connectivity index (χ0) is 9.56. The van der Waals surface area contributed by atoms with Crippen molar-refractivity contribution in [2.24, 2.45) is 11.8 Å². The zero-order valence-electron chi connectivity index (χ0n) is 8.33. The van der Waals surface area contributed by atoms with Gasteiger partial charge in [0, 0.05) is 14.2 Å². The Labute approximate surface area is 74.4 Å². The second kappa shape index (κ2) is 6.37. The number of ether oxygens (including phenoxy) is 2. The summed E-state index contributed by atoms with van der Waals surface area (Å²) >= 11 is 0. The molecule has 4 heteroatoms. The molecule has 0 aromatic heterocycles. The Kier molecular flexibility index (Phi) is 6.28. The molecule has 0 spiro atoms. The van der Waals surface area contributed by atoms with Crippen LogP contribution in [0.1, 0.15) is 13.8 Å². The van der Waals surface area contributed by atoms with E-state index in [9.17, 15) is 0 Å². The molecule has 2 unspecified atom stereocenters. The van der Waals surface area contributed by atoms with Gasteiger partial charge in [-0.25, -0.2) is 0 Å². The van der Waals surface area contributed by atoms with E-state index >= 15 is 0 Å². The zero-order valence-corrected chi connectivity index (χ0v) is 8.33. The van der Waals surface area contributed by atoms with Crippen LogP contribution in [0.2, 0.25) is 0 Å². The fourth-order valence-corrected chi connectivity index (χ4v) is 1.32. The van der Waals surface area contributed by atoms with Gasteiger partial charge in [-0.05, 0) is 5.92 Å². The van der Waals surface area contributed by atoms with Gasteiger partial charge in [-0.15, -0.1) is 0 Å². The first-order valence-corrected chi connectivity index (χ1v) is 4.15. The number of hydrazine groups is 1. The first-order valence-electron chi connectivity index (χ1n) is 4.15.